The van der Waals surface area contributed by atoms with Gasteiger partial charge in [0.15, 0.2) is 11.8 Å². The van der Waals surface area contributed by atoms with Crippen molar-refractivity contribution in [3.8, 4) is 5.75 Å². The van der Waals surface area contributed by atoms with Gasteiger partial charge in [-0.1, -0.05) is 17.7 Å². The average Bonchev–Trinajstić information content (AvgIpc) is 3.22. The lowest BCUT2D eigenvalue weighted by Crippen LogP contribution is -2.38. The fourth-order valence-corrected chi connectivity index (χ4v) is 3.17. The summed E-state index contributed by atoms with van der Waals surface area (Å²) in [6.07, 6.45) is 2.17. The lowest BCUT2D eigenvalue weighted by molar-refractivity contribution is 0.405. The number of guanidine groups is 1. The highest BCUT2D eigenvalue weighted by Crippen LogP contribution is 2.26. The molecule has 0 saturated heterocycles. The van der Waals surface area contributed by atoms with Crippen LogP contribution < -0.4 is 15.4 Å². The number of methoxy groups -OCH3 is 1. The monoisotopic (exact) mass is 342 g/mol. The number of benzene rings is 1. The van der Waals surface area contributed by atoms with Gasteiger partial charge in [0.05, 0.1) is 19.7 Å². The molecule has 7 nitrogen and oxygen atoms in total. The number of rotatable bonds is 5. The summed E-state index contributed by atoms with van der Waals surface area (Å²) in [5.74, 6) is 3.64. The van der Waals surface area contributed by atoms with Gasteiger partial charge in [0.2, 0.25) is 0 Å². The minimum Gasteiger partial charge on any atom is -0.496 e. The smallest absolute Gasteiger partial charge is 0.191 e. The van der Waals surface area contributed by atoms with Crippen LogP contribution in [0.2, 0.25) is 0 Å². The lowest BCUT2D eigenvalue weighted by Gasteiger charge is -2.20. The van der Waals surface area contributed by atoms with E-state index in [4.69, 9.17) is 4.74 Å². The molecule has 0 fully saturated rings. The molecule has 3 rings (SSSR count). The molecule has 2 aromatic rings. The first-order chi connectivity index (χ1) is 12.1. The largest absolute Gasteiger partial charge is 0.496 e. The van der Waals surface area contributed by atoms with Crippen molar-refractivity contribution in [2.24, 2.45) is 4.99 Å². The van der Waals surface area contributed by atoms with Gasteiger partial charge in [0.1, 0.15) is 11.6 Å². The zero-order valence-electron chi connectivity index (χ0n) is 15.3. The van der Waals surface area contributed by atoms with E-state index in [0.29, 0.717) is 6.54 Å². The fourth-order valence-electron chi connectivity index (χ4n) is 3.17. The Kier molecular flexibility index (Phi) is 5.21. The Bertz CT molecular complexity index is 767. The molecule has 0 spiro atoms. The van der Waals surface area contributed by atoms with E-state index in [1.165, 1.54) is 5.56 Å². The Labute approximate surface area is 148 Å². The standard InChI is InChI=1S/C18H26N6O/c1-12-7-8-15(25-4)14(10-12)13(2)21-18(19-3)20-11-17-23-22-16-6-5-9-24(16)17/h7-8,10,13H,5-6,9,11H2,1-4H3,(H2,19,20,21). The highest BCUT2D eigenvalue weighted by atomic mass is 16.5. The van der Waals surface area contributed by atoms with Crippen LogP contribution in [-0.4, -0.2) is 34.9 Å². The number of hydrogen-bond acceptors (Lipinski definition) is 4. The van der Waals surface area contributed by atoms with Crippen molar-refractivity contribution in [3.05, 3.63) is 41.0 Å². The predicted octanol–water partition coefficient (Wildman–Crippen LogP) is 1.97. The van der Waals surface area contributed by atoms with Gasteiger partial charge in [0, 0.05) is 25.6 Å². The van der Waals surface area contributed by atoms with Crippen LogP contribution >= 0.6 is 0 Å². The molecule has 1 aliphatic heterocycles. The summed E-state index contributed by atoms with van der Waals surface area (Å²) < 4.78 is 7.67. The first kappa shape index (κ1) is 17.3. The fraction of sp³-hybridized carbons (Fsp3) is 0.500. The molecular weight excluding hydrogens is 316 g/mol. The van der Waals surface area contributed by atoms with E-state index in [9.17, 15) is 0 Å². The number of hydrogen-bond donors (Lipinski definition) is 2. The van der Waals surface area contributed by atoms with Gasteiger partial charge in [-0.25, -0.2) is 0 Å². The second kappa shape index (κ2) is 7.55. The third-order valence-electron chi connectivity index (χ3n) is 4.53. The molecule has 1 unspecified atom stereocenters. The second-order valence-electron chi connectivity index (χ2n) is 6.32. The molecule has 1 atom stereocenters. The highest BCUT2D eigenvalue weighted by molar-refractivity contribution is 5.80. The van der Waals surface area contributed by atoms with Gasteiger partial charge < -0.3 is 19.9 Å². The van der Waals surface area contributed by atoms with E-state index in [0.717, 1.165) is 48.3 Å². The molecule has 1 aliphatic rings. The molecule has 0 bridgehead atoms. The Hall–Kier alpha value is -2.57. The van der Waals surface area contributed by atoms with E-state index in [-0.39, 0.29) is 6.04 Å². The van der Waals surface area contributed by atoms with Crippen molar-refractivity contribution >= 4 is 5.96 Å². The number of aliphatic imine (C=N–C) groups is 1. The molecule has 1 aromatic carbocycles. The van der Waals surface area contributed by atoms with Crippen LogP contribution in [-0.2, 0) is 19.5 Å². The maximum absolute atomic E-state index is 5.48. The minimum atomic E-state index is 0.0603. The number of nitrogens with zero attached hydrogens (tertiary/aromatic N) is 4. The highest BCUT2D eigenvalue weighted by Gasteiger charge is 2.18. The van der Waals surface area contributed by atoms with E-state index in [1.807, 2.05) is 12.1 Å². The van der Waals surface area contributed by atoms with Crippen molar-refractivity contribution in [1.29, 1.82) is 0 Å². The van der Waals surface area contributed by atoms with Gasteiger partial charge in [-0.2, -0.15) is 0 Å². The Morgan fingerprint density at radius 2 is 2.24 bits per heavy atom. The van der Waals surface area contributed by atoms with Crippen molar-refractivity contribution in [2.75, 3.05) is 14.2 Å². The molecule has 0 saturated carbocycles. The molecule has 0 amide bonds. The molecular formula is C18H26N6O. The molecule has 1 aromatic heterocycles. The summed E-state index contributed by atoms with van der Waals surface area (Å²) in [5.41, 5.74) is 2.31. The zero-order chi connectivity index (χ0) is 17.8. The maximum atomic E-state index is 5.48. The summed E-state index contributed by atoms with van der Waals surface area (Å²) in [6.45, 7) is 5.78. The normalized spacial score (nSPS) is 15.0. The van der Waals surface area contributed by atoms with Crippen LogP contribution in [0.1, 0.15) is 42.2 Å². The predicted molar refractivity (Wildman–Crippen MR) is 97.8 cm³/mol. The van der Waals surface area contributed by atoms with Crippen molar-refractivity contribution in [3.63, 3.8) is 0 Å². The number of ether oxygens (including phenoxy) is 1. The van der Waals surface area contributed by atoms with E-state index < -0.39 is 0 Å². The second-order valence-corrected chi connectivity index (χ2v) is 6.32. The number of nitrogens with one attached hydrogen (secondary N) is 2. The SMILES string of the molecule is CN=C(NCc1nnc2n1CCC2)NC(C)c1cc(C)ccc1OC. The van der Waals surface area contributed by atoms with Gasteiger partial charge in [0.25, 0.3) is 0 Å². The molecule has 2 heterocycles. The molecule has 25 heavy (non-hydrogen) atoms. The lowest BCUT2D eigenvalue weighted by atomic mass is 10.0. The average molecular weight is 342 g/mol. The summed E-state index contributed by atoms with van der Waals surface area (Å²) in [6, 6.07) is 6.24. The van der Waals surface area contributed by atoms with Crippen LogP contribution in [0.3, 0.4) is 0 Å². The molecule has 2 N–H and O–H groups in total. The Balaban J connectivity index is 1.65. The third kappa shape index (κ3) is 3.75. The summed E-state index contributed by atoms with van der Waals surface area (Å²) in [7, 11) is 3.46. The molecule has 134 valence electrons. The summed E-state index contributed by atoms with van der Waals surface area (Å²) in [5, 5.41) is 15.3. The zero-order valence-corrected chi connectivity index (χ0v) is 15.3. The van der Waals surface area contributed by atoms with Crippen molar-refractivity contribution < 1.29 is 4.74 Å². The van der Waals surface area contributed by atoms with Gasteiger partial charge in [-0.3, -0.25) is 4.99 Å². The van der Waals surface area contributed by atoms with Crippen molar-refractivity contribution in [1.82, 2.24) is 25.4 Å². The Morgan fingerprint density at radius 3 is 3.00 bits per heavy atom. The molecule has 0 aliphatic carbocycles. The van der Waals surface area contributed by atoms with Crippen LogP contribution in [0.15, 0.2) is 23.2 Å². The van der Waals surface area contributed by atoms with E-state index in [2.05, 4.69) is 50.3 Å². The first-order valence-electron chi connectivity index (χ1n) is 8.65. The molecule has 7 heteroatoms. The summed E-state index contributed by atoms with van der Waals surface area (Å²) in [4.78, 5) is 4.32. The molecule has 0 radical (unpaired) electrons. The topological polar surface area (TPSA) is 76.4 Å². The quantitative estimate of drug-likeness (QED) is 0.642. The summed E-state index contributed by atoms with van der Waals surface area (Å²) >= 11 is 0. The minimum absolute atomic E-state index is 0.0603. The number of aromatic nitrogens is 3. The van der Waals surface area contributed by atoms with Crippen LogP contribution in [0.4, 0.5) is 0 Å². The number of aryl methyl sites for hydroxylation is 2. The number of fused-ring (bicyclic) bond motifs is 1. The van der Waals surface area contributed by atoms with Gasteiger partial charge in [-0.15, -0.1) is 10.2 Å². The van der Waals surface area contributed by atoms with Gasteiger partial charge >= 0.3 is 0 Å². The van der Waals surface area contributed by atoms with Crippen LogP contribution in [0.25, 0.3) is 0 Å². The van der Waals surface area contributed by atoms with E-state index in [1.54, 1.807) is 14.2 Å². The first-order valence-corrected chi connectivity index (χ1v) is 8.65. The van der Waals surface area contributed by atoms with E-state index >= 15 is 0 Å². The van der Waals surface area contributed by atoms with Crippen LogP contribution in [0.5, 0.6) is 5.75 Å². The van der Waals surface area contributed by atoms with Gasteiger partial charge in [-0.05, 0) is 26.3 Å². The third-order valence-corrected chi connectivity index (χ3v) is 4.53. The van der Waals surface area contributed by atoms with Crippen LogP contribution in [0, 0.1) is 6.92 Å². The Morgan fingerprint density at radius 1 is 1.40 bits per heavy atom. The maximum Gasteiger partial charge on any atom is 0.191 e. The van der Waals surface area contributed by atoms with Crippen molar-refractivity contribution in [2.45, 2.75) is 45.8 Å².